The van der Waals surface area contributed by atoms with Gasteiger partial charge in [-0.15, -0.1) is 0 Å². The van der Waals surface area contributed by atoms with Crippen LogP contribution >= 0.6 is 0 Å². The van der Waals surface area contributed by atoms with Crippen LogP contribution in [0.1, 0.15) is 32.6 Å². The van der Waals surface area contributed by atoms with Gasteiger partial charge in [-0.3, -0.25) is 9.59 Å². The summed E-state index contributed by atoms with van der Waals surface area (Å²) in [5.41, 5.74) is 0. The largest absolute Gasteiger partial charge is 0.481 e. The van der Waals surface area contributed by atoms with Crippen LogP contribution in [0.25, 0.3) is 0 Å². The van der Waals surface area contributed by atoms with E-state index in [1.807, 2.05) is 6.92 Å². The molecule has 0 heterocycles. The van der Waals surface area contributed by atoms with Gasteiger partial charge in [0.25, 0.3) is 0 Å². The highest BCUT2D eigenvalue weighted by molar-refractivity contribution is 5.80. The highest BCUT2D eigenvalue weighted by atomic mass is 16.4. The van der Waals surface area contributed by atoms with E-state index in [4.69, 9.17) is 10.2 Å². The molecular formula is C9H17NO4. The van der Waals surface area contributed by atoms with Crippen molar-refractivity contribution >= 4 is 11.9 Å². The maximum atomic E-state index is 10.6. The molecule has 1 atom stereocenters. The Morgan fingerprint density at radius 3 is 2.36 bits per heavy atom. The second-order valence-corrected chi connectivity index (χ2v) is 3.15. The number of rotatable bonds is 8. The number of carboxylic acids is 2. The molecule has 0 rings (SSSR count). The predicted molar refractivity (Wildman–Crippen MR) is 51.2 cm³/mol. The van der Waals surface area contributed by atoms with E-state index in [2.05, 4.69) is 5.32 Å². The van der Waals surface area contributed by atoms with Crippen LogP contribution in [0.15, 0.2) is 0 Å². The van der Waals surface area contributed by atoms with Crippen LogP contribution in [-0.4, -0.2) is 34.7 Å². The van der Waals surface area contributed by atoms with E-state index in [9.17, 15) is 9.59 Å². The summed E-state index contributed by atoms with van der Waals surface area (Å²) in [6.07, 6.45) is 2.58. The summed E-state index contributed by atoms with van der Waals surface area (Å²) in [5.74, 6) is -2.20. The first kappa shape index (κ1) is 12.9. The molecule has 0 saturated carbocycles. The van der Waals surface area contributed by atoms with Crippen LogP contribution in [0, 0.1) is 0 Å². The van der Waals surface area contributed by atoms with Gasteiger partial charge >= 0.3 is 11.9 Å². The van der Waals surface area contributed by atoms with Crippen molar-refractivity contribution in [2.75, 3.05) is 6.54 Å². The molecule has 82 valence electrons. The summed E-state index contributed by atoms with van der Waals surface area (Å²) >= 11 is 0. The zero-order valence-corrected chi connectivity index (χ0v) is 8.32. The summed E-state index contributed by atoms with van der Waals surface area (Å²) in [7, 11) is 0. The summed E-state index contributed by atoms with van der Waals surface area (Å²) < 4.78 is 0. The Hall–Kier alpha value is -1.10. The summed E-state index contributed by atoms with van der Waals surface area (Å²) in [6, 6.07) is -0.968. The average Bonchev–Trinajstić information content (AvgIpc) is 2.09. The fourth-order valence-electron chi connectivity index (χ4n) is 1.07. The number of aliphatic carboxylic acids is 2. The molecule has 0 aromatic rings. The first-order valence-corrected chi connectivity index (χ1v) is 4.76. The van der Waals surface area contributed by atoms with Crippen molar-refractivity contribution in [3.05, 3.63) is 0 Å². The van der Waals surface area contributed by atoms with Gasteiger partial charge in [-0.25, -0.2) is 0 Å². The highest BCUT2D eigenvalue weighted by Crippen LogP contribution is 1.96. The SMILES string of the molecule is CCCCCNC(CC(=O)O)C(=O)O. The van der Waals surface area contributed by atoms with Crippen molar-refractivity contribution in [2.24, 2.45) is 0 Å². The van der Waals surface area contributed by atoms with Crippen molar-refractivity contribution in [2.45, 2.75) is 38.6 Å². The number of unbranched alkanes of at least 4 members (excludes halogenated alkanes) is 2. The molecule has 1 unspecified atom stereocenters. The first-order chi connectivity index (χ1) is 6.57. The minimum atomic E-state index is -1.11. The molecule has 5 nitrogen and oxygen atoms in total. The maximum Gasteiger partial charge on any atom is 0.321 e. The lowest BCUT2D eigenvalue weighted by Crippen LogP contribution is -2.39. The topological polar surface area (TPSA) is 86.6 Å². The molecule has 0 bridgehead atoms. The van der Waals surface area contributed by atoms with Gasteiger partial charge in [-0.1, -0.05) is 19.8 Å². The zero-order chi connectivity index (χ0) is 11.0. The molecule has 0 radical (unpaired) electrons. The first-order valence-electron chi connectivity index (χ1n) is 4.76. The number of nitrogens with one attached hydrogen (secondary N) is 1. The molecular weight excluding hydrogens is 186 g/mol. The monoisotopic (exact) mass is 203 g/mol. The Bertz CT molecular complexity index is 193. The number of hydrogen-bond donors (Lipinski definition) is 3. The normalized spacial score (nSPS) is 12.4. The Morgan fingerprint density at radius 2 is 1.93 bits per heavy atom. The Labute approximate surface area is 83.1 Å². The van der Waals surface area contributed by atoms with Crippen molar-refractivity contribution < 1.29 is 19.8 Å². The van der Waals surface area contributed by atoms with Gasteiger partial charge in [-0.05, 0) is 13.0 Å². The number of carboxylic acid groups (broad SMARTS) is 2. The molecule has 0 aliphatic carbocycles. The van der Waals surface area contributed by atoms with Crippen LogP contribution in [-0.2, 0) is 9.59 Å². The van der Waals surface area contributed by atoms with Gasteiger partial charge < -0.3 is 15.5 Å². The molecule has 5 heteroatoms. The second-order valence-electron chi connectivity index (χ2n) is 3.15. The molecule has 0 saturated heterocycles. The van der Waals surface area contributed by atoms with Crippen molar-refractivity contribution in [3.8, 4) is 0 Å². The standard InChI is InChI=1S/C9H17NO4/c1-2-3-4-5-10-7(9(13)14)6-8(11)12/h7,10H,2-6H2,1H3,(H,11,12)(H,13,14). The smallest absolute Gasteiger partial charge is 0.321 e. The lowest BCUT2D eigenvalue weighted by Gasteiger charge is -2.11. The van der Waals surface area contributed by atoms with Crippen molar-refractivity contribution in [3.63, 3.8) is 0 Å². The molecule has 3 N–H and O–H groups in total. The number of carbonyl (C=O) groups is 2. The van der Waals surface area contributed by atoms with E-state index >= 15 is 0 Å². The van der Waals surface area contributed by atoms with Gasteiger partial charge in [0.1, 0.15) is 6.04 Å². The molecule has 0 aliphatic rings. The average molecular weight is 203 g/mol. The van der Waals surface area contributed by atoms with Gasteiger partial charge in [-0.2, -0.15) is 0 Å². The van der Waals surface area contributed by atoms with Gasteiger partial charge in [0.2, 0.25) is 0 Å². The minimum absolute atomic E-state index is 0.374. The third-order valence-corrected chi connectivity index (χ3v) is 1.85. The van der Waals surface area contributed by atoms with E-state index in [1.165, 1.54) is 0 Å². The molecule has 0 aliphatic heterocycles. The van der Waals surface area contributed by atoms with E-state index in [1.54, 1.807) is 0 Å². The Morgan fingerprint density at radius 1 is 1.29 bits per heavy atom. The van der Waals surface area contributed by atoms with Gasteiger partial charge in [0.15, 0.2) is 0 Å². The molecule has 0 aromatic heterocycles. The fraction of sp³-hybridized carbons (Fsp3) is 0.778. The van der Waals surface area contributed by atoms with E-state index < -0.39 is 18.0 Å². The quantitative estimate of drug-likeness (QED) is 0.505. The van der Waals surface area contributed by atoms with Crippen molar-refractivity contribution in [1.29, 1.82) is 0 Å². The lowest BCUT2D eigenvalue weighted by molar-refractivity contribution is -0.145. The van der Waals surface area contributed by atoms with E-state index in [0.717, 1.165) is 19.3 Å². The molecule has 0 aromatic carbocycles. The number of hydrogen-bond acceptors (Lipinski definition) is 3. The summed E-state index contributed by atoms with van der Waals surface area (Å²) in [6.45, 7) is 2.60. The highest BCUT2D eigenvalue weighted by Gasteiger charge is 2.19. The zero-order valence-electron chi connectivity index (χ0n) is 8.32. The van der Waals surface area contributed by atoms with Gasteiger partial charge in [0, 0.05) is 0 Å². The van der Waals surface area contributed by atoms with E-state index in [-0.39, 0.29) is 6.42 Å². The molecule has 0 amide bonds. The summed E-state index contributed by atoms with van der Waals surface area (Å²) in [4.78, 5) is 20.9. The lowest BCUT2D eigenvalue weighted by atomic mass is 10.2. The minimum Gasteiger partial charge on any atom is -0.481 e. The molecule has 14 heavy (non-hydrogen) atoms. The summed E-state index contributed by atoms with van der Waals surface area (Å²) in [5, 5.41) is 19.8. The maximum absolute atomic E-state index is 10.6. The second kappa shape index (κ2) is 7.32. The van der Waals surface area contributed by atoms with Crippen LogP contribution in [0.3, 0.4) is 0 Å². The van der Waals surface area contributed by atoms with E-state index in [0.29, 0.717) is 6.54 Å². The predicted octanol–water partition coefficient (Wildman–Crippen LogP) is 0.694. The van der Waals surface area contributed by atoms with Crippen LogP contribution < -0.4 is 5.32 Å². The van der Waals surface area contributed by atoms with Crippen molar-refractivity contribution in [1.82, 2.24) is 5.32 Å². The Balaban J connectivity index is 3.74. The van der Waals surface area contributed by atoms with Gasteiger partial charge in [0.05, 0.1) is 6.42 Å². The molecule has 0 spiro atoms. The Kier molecular flexibility index (Phi) is 6.74. The third-order valence-electron chi connectivity index (χ3n) is 1.85. The van der Waals surface area contributed by atoms with Crippen LogP contribution in [0.5, 0.6) is 0 Å². The molecule has 0 fully saturated rings. The third kappa shape index (κ3) is 6.42. The van der Waals surface area contributed by atoms with Crippen LogP contribution in [0.2, 0.25) is 0 Å². The fourth-order valence-corrected chi connectivity index (χ4v) is 1.07. The van der Waals surface area contributed by atoms with Crippen LogP contribution in [0.4, 0.5) is 0 Å².